The van der Waals surface area contributed by atoms with Crippen LogP contribution in [0, 0.1) is 5.92 Å². The number of rotatable bonds is 3. The fourth-order valence-electron chi connectivity index (χ4n) is 2.20. The second-order valence-corrected chi connectivity index (χ2v) is 5.14. The number of aromatic nitrogens is 2. The summed E-state index contributed by atoms with van der Waals surface area (Å²) in [5.74, 6) is -0.368. The van der Waals surface area contributed by atoms with Gasteiger partial charge in [0.1, 0.15) is 5.60 Å². The summed E-state index contributed by atoms with van der Waals surface area (Å²) >= 11 is 6.22. The van der Waals surface area contributed by atoms with Crippen LogP contribution in [0.1, 0.15) is 13.2 Å². The summed E-state index contributed by atoms with van der Waals surface area (Å²) in [5.41, 5.74) is -2.37. The van der Waals surface area contributed by atoms with Gasteiger partial charge in [0.25, 0.3) is 5.56 Å². The van der Waals surface area contributed by atoms with E-state index in [-0.39, 0.29) is 5.92 Å². The number of H-pyrrole nitrogens is 1. The number of halogens is 1. The van der Waals surface area contributed by atoms with Gasteiger partial charge in [0, 0.05) is 18.2 Å². The molecule has 1 aromatic heterocycles. The minimum absolute atomic E-state index is 0.368. The lowest BCUT2D eigenvalue weighted by atomic mass is 9.90. The normalized spacial score (nSPS) is 29.6. The van der Waals surface area contributed by atoms with Gasteiger partial charge in [-0.3, -0.25) is 14.3 Å². The van der Waals surface area contributed by atoms with Crippen molar-refractivity contribution in [2.24, 2.45) is 5.92 Å². The first-order valence-corrected chi connectivity index (χ1v) is 6.24. The molecular formula is C11H15ClN2O5. The van der Waals surface area contributed by atoms with E-state index in [0.29, 0.717) is 0 Å². The Morgan fingerprint density at radius 1 is 1.47 bits per heavy atom. The van der Waals surface area contributed by atoms with Crippen LogP contribution in [-0.4, -0.2) is 44.0 Å². The highest BCUT2D eigenvalue weighted by atomic mass is 35.5. The Labute approximate surface area is 113 Å². The van der Waals surface area contributed by atoms with Crippen molar-refractivity contribution in [3.63, 3.8) is 0 Å². The summed E-state index contributed by atoms with van der Waals surface area (Å²) in [6.07, 6.45) is 0.416. The van der Waals surface area contributed by atoms with Gasteiger partial charge in [0.2, 0.25) is 0 Å². The SMILES string of the molecule is C[C@H]1[C@@H](Cl)[C@H](n2ccc(=O)[nH]c2=O)OC1(CO)CO. The van der Waals surface area contributed by atoms with Crippen molar-refractivity contribution in [1.29, 1.82) is 0 Å². The van der Waals surface area contributed by atoms with Gasteiger partial charge in [0.05, 0.1) is 18.6 Å². The van der Waals surface area contributed by atoms with Crippen molar-refractivity contribution in [2.75, 3.05) is 13.2 Å². The van der Waals surface area contributed by atoms with Crippen LogP contribution in [0.4, 0.5) is 0 Å². The zero-order valence-corrected chi connectivity index (χ0v) is 11.0. The summed E-state index contributed by atoms with van der Waals surface area (Å²) in [5, 5.41) is 18.2. The van der Waals surface area contributed by atoms with E-state index in [1.165, 1.54) is 12.3 Å². The third-order valence-electron chi connectivity index (χ3n) is 3.60. The molecule has 3 N–H and O–H groups in total. The Kier molecular flexibility index (Phi) is 3.82. The predicted octanol–water partition coefficient (Wildman–Crippen LogP) is -0.968. The molecule has 1 saturated heterocycles. The average Bonchev–Trinajstić information content (AvgIpc) is 2.64. The molecule has 19 heavy (non-hydrogen) atoms. The van der Waals surface area contributed by atoms with Gasteiger partial charge in [0.15, 0.2) is 6.23 Å². The highest BCUT2D eigenvalue weighted by Crippen LogP contribution is 2.43. The number of nitrogens with zero attached hydrogens (tertiary/aromatic N) is 1. The molecule has 8 heteroatoms. The molecule has 1 aromatic rings. The molecular weight excluding hydrogens is 276 g/mol. The summed E-state index contributed by atoms with van der Waals surface area (Å²) in [4.78, 5) is 24.8. The topological polar surface area (TPSA) is 105 Å². The number of alkyl halides is 1. The monoisotopic (exact) mass is 290 g/mol. The molecule has 7 nitrogen and oxygen atoms in total. The van der Waals surface area contributed by atoms with Gasteiger partial charge in [-0.05, 0) is 0 Å². The minimum Gasteiger partial charge on any atom is -0.393 e. The van der Waals surface area contributed by atoms with Crippen molar-refractivity contribution in [3.05, 3.63) is 33.1 Å². The van der Waals surface area contributed by atoms with Crippen molar-refractivity contribution in [3.8, 4) is 0 Å². The standard InChI is InChI=1S/C11H15ClN2O5/c1-6-8(12)9(19-11(6,4-15)5-16)14-3-2-7(17)13-10(14)18/h2-3,6,8-9,15-16H,4-5H2,1H3,(H,13,17,18)/t6-,8+,9+/m0/s1. The van der Waals surface area contributed by atoms with E-state index in [9.17, 15) is 19.8 Å². The second kappa shape index (κ2) is 5.09. The average molecular weight is 291 g/mol. The Morgan fingerprint density at radius 3 is 2.58 bits per heavy atom. The Morgan fingerprint density at radius 2 is 2.11 bits per heavy atom. The van der Waals surface area contributed by atoms with Crippen molar-refractivity contribution >= 4 is 11.6 Å². The van der Waals surface area contributed by atoms with Crippen molar-refractivity contribution in [1.82, 2.24) is 9.55 Å². The molecule has 0 bridgehead atoms. The maximum absolute atomic E-state index is 11.7. The quantitative estimate of drug-likeness (QED) is 0.622. The lowest BCUT2D eigenvalue weighted by molar-refractivity contribution is -0.134. The van der Waals surface area contributed by atoms with Crippen LogP contribution in [0.15, 0.2) is 21.9 Å². The van der Waals surface area contributed by atoms with Gasteiger partial charge >= 0.3 is 5.69 Å². The van der Waals surface area contributed by atoms with E-state index in [2.05, 4.69) is 4.98 Å². The van der Waals surface area contributed by atoms with E-state index >= 15 is 0 Å². The number of aliphatic hydroxyl groups is 2. The van der Waals surface area contributed by atoms with Crippen LogP contribution in [0.2, 0.25) is 0 Å². The molecule has 2 rings (SSSR count). The molecule has 3 atom stereocenters. The van der Waals surface area contributed by atoms with Gasteiger partial charge in [-0.15, -0.1) is 11.6 Å². The minimum atomic E-state index is -1.20. The maximum atomic E-state index is 11.7. The van der Waals surface area contributed by atoms with Crippen LogP contribution in [0.3, 0.4) is 0 Å². The highest BCUT2D eigenvalue weighted by Gasteiger charge is 2.52. The molecule has 1 fully saturated rings. The summed E-state index contributed by atoms with van der Waals surface area (Å²) in [7, 11) is 0. The zero-order valence-electron chi connectivity index (χ0n) is 10.2. The molecule has 0 saturated carbocycles. The number of aliphatic hydroxyl groups excluding tert-OH is 2. The highest BCUT2D eigenvalue weighted by molar-refractivity contribution is 6.21. The number of aromatic amines is 1. The number of ether oxygens (including phenoxy) is 1. The predicted molar refractivity (Wildman–Crippen MR) is 67.2 cm³/mol. The van der Waals surface area contributed by atoms with Gasteiger partial charge in [-0.2, -0.15) is 0 Å². The second-order valence-electron chi connectivity index (χ2n) is 4.64. The molecule has 106 valence electrons. The van der Waals surface area contributed by atoms with E-state index in [1.54, 1.807) is 6.92 Å². The van der Waals surface area contributed by atoms with Crippen LogP contribution in [0.5, 0.6) is 0 Å². The molecule has 2 heterocycles. The fraction of sp³-hybridized carbons (Fsp3) is 0.636. The van der Waals surface area contributed by atoms with E-state index in [4.69, 9.17) is 16.3 Å². The largest absolute Gasteiger partial charge is 0.393 e. The lowest BCUT2D eigenvalue weighted by Crippen LogP contribution is -2.43. The van der Waals surface area contributed by atoms with Crippen molar-refractivity contribution < 1.29 is 14.9 Å². The third-order valence-corrected chi connectivity index (χ3v) is 4.19. The summed E-state index contributed by atoms with van der Waals surface area (Å²) < 4.78 is 6.73. The molecule has 0 unspecified atom stereocenters. The number of hydrogen-bond donors (Lipinski definition) is 3. The van der Waals surface area contributed by atoms with Crippen LogP contribution in [-0.2, 0) is 4.74 Å². The lowest BCUT2D eigenvalue weighted by Gasteiger charge is -2.28. The Balaban J connectivity index is 2.42. The Bertz CT molecular complexity index is 565. The molecule has 1 aliphatic heterocycles. The molecule has 0 radical (unpaired) electrons. The van der Waals surface area contributed by atoms with Crippen LogP contribution >= 0.6 is 11.6 Å². The molecule has 0 aliphatic carbocycles. The first kappa shape index (κ1) is 14.3. The molecule has 0 spiro atoms. The summed E-state index contributed by atoms with van der Waals surface area (Å²) in [6.45, 7) is 0.895. The van der Waals surface area contributed by atoms with Crippen LogP contribution < -0.4 is 11.2 Å². The molecule has 0 amide bonds. The fourth-order valence-corrected chi connectivity index (χ4v) is 2.60. The number of hydrogen-bond acceptors (Lipinski definition) is 5. The van der Waals surface area contributed by atoms with Crippen LogP contribution in [0.25, 0.3) is 0 Å². The molecule has 0 aromatic carbocycles. The van der Waals surface area contributed by atoms with E-state index in [1.807, 2.05) is 0 Å². The Hall–Kier alpha value is -1.15. The van der Waals surface area contributed by atoms with Gasteiger partial charge in [-0.25, -0.2) is 4.79 Å². The van der Waals surface area contributed by atoms with E-state index in [0.717, 1.165) is 4.57 Å². The molecule has 1 aliphatic rings. The zero-order chi connectivity index (χ0) is 14.2. The van der Waals surface area contributed by atoms with Gasteiger partial charge in [-0.1, -0.05) is 6.92 Å². The third kappa shape index (κ3) is 2.23. The summed E-state index contributed by atoms with van der Waals surface area (Å²) in [6, 6.07) is 1.18. The first-order valence-electron chi connectivity index (χ1n) is 5.80. The van der Waals surface area contributed by atoms with E-state index < -0.39 is 41.7 Å². The first-order chi connectivity index (χ1) is 8.95. The number of nitrogens with one attached hydrogen (secondary N) is 1. The van der Waals surface area contributed by atoms with Gasteiger partial charge < -0.3 is 14.9 Å². The van der Waals surface area contributed by atoms with Crippen molar-refractivity contribution in [2.45, 2.75) is 24.1 Å². The smallest absolute Gasteiger partial charge is 0.330 e. The maximum Gasteiger partial charge on any atom is 0.330 e.